The van der Waals surface area contributed by atoms with Gasteiger partial charge < -0.3 is 31.5 Å². The van der Waals surface area contributed by atoms with Crippen LogP contribution in [0.1, 0.15) is 30.7 Å². The van der Waals surface area contributed by atoms with Crippen molar-refractivity contribution < 1.29 is 42.0 Å². The SMILES string of the molecule is NC(=NC1CCNCC1)c1ccc(OC[C@H](O/N=C(\C(=O)C[C@@H]2C(=O)N(S(=O)(=O)O)[C@@H]2Cn2cncn2)c2nsc(N)n2)C(=O)O)cc1. The normalized spacial score (nSPS) is 19.9. The Morgan fingerprint density at radius 2 is 1.94 bits per heavy atom. The lowest BCUT2D eigenvalue weighted by molar-refractivity contribution is -0.152. The summed E-state index contributed by atoms with van der Waals surface area (Å²) >= 11 is 0.718. The Morgan fingerprint density at radius 1 is 1.21 bits per heavy atom. The summed E-state index contributed by atoms with van der Waals surface area (Å²) < 4.78 is 44.2. The molecule has 3 aromatic rings. The van der Waals surface area contributed by atoms with Crippen LogP contribution in [0.2, 0.25) is 0 Å². The maximum atomic E-state index is 13.4. The molecule has 256 valence electrons. The first-order valence-electron chi connectivity index (χ1n) is 14.4. The number of ketones is 1. The predicted octanol–water partition coefficient (Wildman–Crippen LogP) is -1.29. The van der Waals surface area contributed by atoms with Crippen molar-refractivity contribution in [1.82, 2.24) is 33.7 Å². The van der Waals surface area contributed by atoms with E-state index < -0.39 is 64.8 Å². The lowest BCUT2D eigenvalue weighted by atomic mass is 9.85. The molecule has 4 heterocycles. The van der Waals surface area contributed by atoms with E-state index in [1.165, 1.54) is 17.3 Å². The molecule has 0 unspecified atom stereocenters. The topological polar surface area (TPSA) is 293 Å². The van der Waals surface area contributed by atoms with Gasteiger partial charge in [-0.3, -0.25) is 23.8 Å². The molecule has 1 aromatic carbocycles. The van der Waals surface area contributed by atoms with Gasteiger partial charge in [0.15, 0.2) is 16.6 Å². The molecule has 7 N–H and O–H groups in total. The highest BCUT2D eigenvalue weighted by Crippen LogP contribution is 2.33. The number of nitrogens with one attached hydrogen (secondary N) is 1. The Balaban J connectivity index is 1.27. The minimum atomic E-state index is -4.96. The number of aliphatic imine (C=N–C) groups is 1. The summed E-state index contributed by atoms with van der Waals surface area (Å²) in [4.78, 5) is 55.6. The second-order valence-electron chi connectivity index (χ2n) is 10.7. The molecule has 0 bridgehead atoms. The van der Waals surface area contributed by atoms with Gasteiger partial charge in [0.1, 0.15) is 30.8 Å². The van der Waals surface area contributed by atoms with Crippen LogP contribution in [-0.4, -0.2) is 114 Å². The molecule has 22 heteroatoms. The van der Waals surface area contributed by atoms with Gasteiger partial charge >= 0.3 is 16.3 Å². The molecule has 2 fully saturated rings. The van der Waals surface area contributed by atoms with Gasteiger partial charge in [0.2, 0.25) is 11.7 Å². The predicted molar refractivity (Wildman–Crippen MR) is 167 cm³/mol. The molecule has 2 aliphatic heterocycles. The van der Waals surface area contributed by atoms with Crippen LogP contribution in [0.5, 0.6) is 5.75 Å². The van der Waals surface area contributed by atoms with Crippen molar-refractivity contribution in [2.45, 2.75) is 44.0 Å². The number of nitrogen functional groups attached to an aromatic ring is 1. The smallest absolute Gasteiger partial charge is 0.362 e. The number of amidine groups is 1. The third-order valence-corrected chi connectivity index (χ3v) is 8.93. The van der Waals surface area contributed by atoms with Crippen molar-refractivity contribution in [3.63, 3.8) is 0 Å². The van der Waals surface area contributed by atoms with E-state index in [1.807, 2.05) is 0 Å². The molecule has 0 aliphatic carbocycles. The van der Waals surface area contributed by atoms with Crippen molar-refractivity contribution in [2.24, 2.45) is 21.8 Å². The maximum absolute atomic E-state index is 13.4. The van der Waals surface area contributed by atoms with Gasteiger partial charge in [-0.1, -0.05) is 5.16 Å². The molecule has 0 radical (unpaired) electrons. The third kappa shape index (κ3) is 8.26. The summed E-state index contributed by atoms with van der Waals surface area (Å²) in [5.74, 6) is -4.30. The summed E-state index contributed by atoms with van der Waals surface area (Å²) in [6.45, 7) is 0.994. The van der Waals surface area contributed by atoms with Gasteiger partial charge in [0.05, 0.1) is 24.5 Å². The number of β-lactam (4-membered cyclic amide) rings is 1. The number of benzene rings is 1. The molecule has 1 amide bonds. The highest BCUT2D eigenvalue weighted by molar-refractivity contribution is 7.84. The van der Waals surface area contributed by atoms with E-state index >= 15 is 0 Å². The van der Waals surface area contributed by atoms with Crippen LogP contribution in [0.4, 0.5) is 5.13 Å². The average Bonchev–Trinajstić information content (AvgIpc) is 3.73. The minimum absolute atomic E-state index is 0.0465. The fraction of sp³-hybridized carbons (Fsp3) is 0.423. The molecule has 5 rings (SSSR count). The van der Waals surface area contributed by atoms with Crippen LogP contribution in [0, 0.1) is 5.92 Å². The number of carbonyl (C=O) groups excluding carboxylic acids is 2. The summed E-state index contributed by atoms with van der Waals surface area (Å²) in [6, 6.07) is 5.46. The van der Waals surface area contributed by atoms with Crippen LogP contribution in [0.3, 0.4) is 0 Å². The number of rotatable bonds is 15. The molecule has 2 aliphatic rings. The lowest BCUT2D eigenvalue weighted by Crippen LogP contribution is -2.64. The largest absolute Gasteiger partial charge is 0.489 e. The number of anilines is 1. The molecule has 48 heavy (non-hydrogen) atoms. The fourth-order valence-electron chi connectivity index (χ4n) is 5.01. The molecular formula is C26H31N11O9S2. The third-order valence-electron chi connectivity index (χ3n) is 7.44. The molecule has 20 nitrogen and oxygen atoms in total. The van der Waals surface area contributed by atoms with Crippen LogP contribution in [0.15, 0.2) is 47.1 Å². The quantitative estimate of drug-likeness (QED) is 0.0404. The second kappa shape index (κ2) is 14.8. The Bertz CT molecular complexity index is 1790. The van der Waals surface area contributed by atoms with Crippen LogP contribution >= 0.6 is 11.5 Å². The Hall–Kier alpha value is -5.06. The van der Waals surface area contributed by atoms with Crippen LogP contribution in [0.25, 0.3) is 0 Å². The Morgan fingerprint density at radius 3 is 2.54 bits per heavy atom. The van der Waals surface area contributed by atoms with E-state index in [-0.39, 0.29) is 27.8 Å². The first kappa shape index (κ1) is 34.3. The van der Waals surface area contributed by atoms with E-state index in [0.717, 1.165) is 37.5 Å². The monoisotopic (exact) mass is 705 g/mol. The van der Waals surface area contributed by atoms with Crippen molar-refractivity contribution in [2.75, 3.05) is 25.4 Å². The standard InChI is InChI=1S/C26H31N11O9S2/c27-22(32-15-5-7-29-8-6-15)14-1-3-16(4-2-14)45-11-20(25(40)41)46-34-21(23-33-26(28)47-35-23)19(38)9-17-18(10-36-13-30-12-31-36)37(24(17)39)48(42,43)44/h1-4,12-13,15,17-18,20,29H,5-11H2,(H2,27,32)(H,40,41)(H2,28,33,35)(H,42,43,44)/b34-21+/t17-,18+,20-/m0/s1. The molecular weight excluding hydrogens is 674 g/mol. The number of amides is 1. The number of nitrogens with zero attached hydrogens (tertiary/aromatic N) is 8. The molecule has 0 spiro atoms. The zero-order valence-electron chi connectivity index (χ0n) is 25.0. The number of carboxylic acids is 1. The number of nitrogens with two attached hydrogens (primary N) is 2. The van der Waals surface area contributed by atoms with Crippen molar-refractivity contribution in [3.05, 3.63) is 48.3 Å². The lowest BCUT2D eigenvalue weighted by Gasteiger charge is -2.43. The van der Waals surface area contributed by atoms with E-state index in [0.29, 0.717) is 17.1 Å². The number of hydrogen-bond donors (Lipinski definition) is 5. The summed E-state index contributed by atoms with van der Waals surface area (Å²) in [7, 11) is -4.96. The number of oxime groups is 1. The molecule has 2 aromatic heterocycles. The summed E-state index contributed by atoms with van der Waals surface area (Å²) in [6.07, 6.45) is 1.87. The number of ether oxygens (including phenoxy) is 1. The van der Waals surface area contributed by atoms with Gasteiger partial charge in [-0.25, -0.2) is 14.1 Å². The second-order valence-corrected chi connectivity index (χ2v) is 12.8. The number of hydrogen-bond acceptors (Lipinski definition) is 16. The van der Waals surface area contributed by atoms with Gasteiger partial charge in [-0.2, -0.15) is 22.9 Å². The molecule has 3 atom stereocenters. The summed E-state index contributed by atoms with van der Waals surface area (Å²) in [5.41, 5.74) is 11.9. The first-order valence-corrected chi connectivity index (χ1v) is 16.6. The van der Waals surface area contributed by atoms with E-state index in [1.54, 1.807) is 24.3 Å². The highest BCUT2D eigenvalue weighted by Gasteiger charge is 2.54. The van der Waals surface area contributed by atoms with E-state index in [4.69, 9.17) is 21.0 Å². The number of aliphatic carboxylic acids is 1. The van der Waals surface area contributed by atoms with Gasteiger partial charge in [-0.15, -0.1) is 0 Å². The van der Waals surface area contributed by atoms with Gasteiger partial charge in [-0.05, 0) is 50.2 Å². The summed E-state index contributed by atoms with van der Waals surface area (Å²) in [5, 5.41) is 20.6. The van der Waals surface area contributed by atoms with Crippen molar-refractivity contribution in [1.29, 1.82) is 0 Å². The number of Topliss-reactive ketones (excluding diaryl/α,β-unsaturated/α-hetero) is 1. The number of piperidine rings is 1. The van der Waals surface area contributed by atoms with Gasteiger partial charge in [0, 0.05) is 23.5 Å². The number of carbonyl (C=O) groups is 3. The Kier molecular flexibility index (Phi) is 10.6. The first-order chi connectivity index (χ1) is 22.9. The Labute approximate surface area is 276 Å². The zero-order valence-corrected chi connectivity index (χ0v) is 26.7. The minimum Gasteiger partial charge on any atom is -0.489 e. The van der Waals surface area contributed by atoms with Crippen LogP contribution in [-0.2, 0) is 36.1 Å². The van der Waals surface area contributed by atoms with E-state index in [2.05, 4.69) is 34.9 Å². The zero-order chi connectivity index (χ0) is 34.4. The maximum Gasteiger partial charge on any atom is 0.362 e. The van der Waals surface area contributed by atoms with Crippen molar-refractivity contribution in [3.8, 4) is 5.75 Å². The highest BCUT2D eigenvalue weighted by atomic mass is 32.2. The number of aromatic nitrogens is 5. The number of carboxylic acid groups (broad SMARTS) is 1. The molecule has 2 saturated heterocycles. The van der Waals surface area contributed by atoms with Crippen LogP contribution < -0.4 is 21.5 Å². The van der Waals surface area contributed by atoms with E-state index in [9.17, 15) is 32.5 Å². The molecule has 0 saturated carbocycles. The average molecular weight is 706 g/mol. The fourth-order valence-corrected chi connectivity index (χ4v) is 6.36. The van der Waals surface area contributed by atoms with Gasteiger partial charge in [0.25, 0.3) is 6.10 Å². The van der Waals surface area contributed by atoms with Crippen molar-refractivity contribution >= 4 is 56.2 Å².